The number of nitrogens with zero attached hydrogens (tertiary/aromatic N) is 1. The molecule has 1 aromatic carbocycles. The highest BCUT2D eigenvalue weighted by Crippen LogP contribution is 2.43. The third-order valence-electron chi connectivity index (χ3n) is 2.61. The van der Waals surface area contributed by atoms with Gasteiger partial charge in [0, 0.05) is 5.56 Å². The minimum absolute atomic E-state index is 0.0448. The van der Waals surface area contributed by atoms with Crippen LogP contribution in [-0.2, 0) is 4.84 Å². The second kappa shape index (κ2) is 4.43. The molecule has 1 aromatic rings. The molecule has 104 valence electrons. The van der Waals surface area contributed by atoms with Gasteiger partial charge in [-0.3, -0.25) is 0 Å². The molecule has 0 bridgehead atoms. The summed E-state index contributed by atoms with van der Waals surface area (Å²) >= 11 is 0. The Morgan fingerprint density at radius 2 is 1.47 bits per heavy atom. The van der Waals surface area contributed by atoms with Crippen LogP contribution in [0.2, 0.25) is 0 Å². The fraction of sp³-hybridized carbons (Fsp3) is 0.364. The molecule has 2 unspecified atom stereocenters. The Bertz CT molecular complexity index is 478. The van der Waals surface area contributed by atoms with Crippen molar-refractivity contribution < 1.29 is 31.2 Å². The van der Waals surface area contributed by atoms with Crippen LogP contribution in [0, 0.1) is 5.92 Å². The molecule has 0 spiro atoms. The number of halogens is 6. The van der Waals surface area contributed by atoms with Gasteiger partial charge in [0.1, 0.15) is 11.6 Å². The van der Waals surface area contributed by atoms with Gasteiger partial charge in [0.05, 0.1) is 0 Å². The summed E-state index contributed by atoms with van der Waals surface area (Å²) in [5.41, 5.74) is -0.799. The van der Waals surface area contributed by atoms with E-state index in [0.29, 0.717) is 0 Å². The van der Waals surface area contributed by atoms with Crippen LogP contribution in [0.4, 0.5) is 26.3 Å². The van der Waals surface area contributed by atoms with Gasteiger partial charge in [-0.15, -0.1) is 0 Å². The molecule has 1 aliphatic rings. The van der Waals surface area contributed by atoms with Crippen LogP contribution >= 0.6 is 0 Å². The van der Waals surface area contributed by atoms with Crippen molar-refractivity contribution >= 4 is 5.71 Å². The maximum Gasteiger partial charge on any atom is 0.429 e. The van der Waals surface area contributed by atoms with E-state index < -0.39 is 30.1 Å². The fourth-order valence-corrected chi connectivity index (χ4v) is 1.79. The average Bonchev–Trinajstić information content (AvgIpc) is 2.74. The maximum atomic E-state index is 12.8. The molecule has 2 nitrogen and oxygen atoms in total. The number of alkyl halides is 6. The quantitative estimate of drug-likeness (QED) is 0.722. The molecule has 0 aromatic heterocycles. The van der Waals surface area contributed by atoms with Crippen LogP contribution in [0.3, 0.4) is 0 Å². The average molecular weight is 283 g/mol. The molecular formula is C11H7F6NO. The summed E-state index contributed by atoms with van der Waals surface area (Å²) in [7, 11) is 0. The monoisotopic (exact) mass is 283 g/mol. The number of oxime groups is 1. The highest BCUT2D eigenvalue weighted by atomic mass is 19.4. The second-order valence-electron chi connectivity index (χ2n) is 3.93. The summed E-state index contributed by atoms with van der Waals surface area (Å²) in [5.74, 6) is -2.81. The van der Waals surface area contributed by atoms with E-state index in [4.69, 9.17) is 0 Å². The van der Waals surface area contributed by atoms with Crippen molar-refractivity contribution in [2.24, 2.45) is 11.1 Å². The van der Waals surface area contributed by atoms with E-state index in [2.05, 4.69) is 9.99 Å². The zero-order chi connectivity index (χ0) is 14.3. The summed E-state index contributed by atoms with van der Waals surface area (Å²) in [4.78, 5) is 3.97. The van der Waals surface area contributed by atoms with Gasteiger partial charge in [-0.2, -0.15) is 26.3 Å². The Hall–Kier alpha value is -1.73. The van der Waals surface area contributed by atoms with Crippen molar-refractivity contribution in [1.82, 2.24) is 0 Å². The summed E-state index contributed by atoms with van der Waals surface area (Å²) in [6.07, 6.45) is -13.2. The zero-order valence-corrected chi connectivity index (χ0v) is 9.16. The zero-order valence-electron chi connectivity index (χ0n) is 9.16. The third-order valence-corrected chi connectivity index (χ3v) is 2.61. The number of rotatable bonds is 1. The molecule has 0 N–H and O–H groups in total. The highest BCUT2D eigenvalue weighted by Gasteiger charge is 2.62. The predicted molar refractivity (Wildman–Crippen MR) is 53.5 cm³/mol. The first kappa shape index (κ1) is 13.7. The Morgan fingerprint density at radius 3 is 1.95 bits per heavy atom. The first-order chi connectivity index (χ1) is 8.71. The van der Waals surface area contributed by atoms with E-state index in [9.17, 15) is 26.3 Å². The van der Waals surface area contributed by atoms with Crippen molar-refractivity contribution in [3.63, 3.8) is 0 Å². The SMILES string of the molecule is FC(F)(F)C1ON=C(c2ccccc2)C1C(F)(F)F. The predicted octanol–water partition coefficient (Wildman–Crippen LogP) is 3.53. The van der Waals surface area contributed by atoms with E-state index in [-0.39, 0.29) is 5.56 Å². The van der Waals surface area contributed by atoms with Gasteiger partial charge in [-0.25, -0.2) is 0 Å². The van der Waals surface area contributed by atoms with Crippen LogP contribution in [0.15, 0.2) is 35.5 Å². The lowest BCUT2D eigenvalue weighted by Crippen LogP contribution is -2.45. The maximum absolute atomic E-state index is 12.8. The molecule has 2 rings (SSSR count). The number of hydrogen-bond acceptors (Lipinski definition) is 2. The van der Waals surface area contributed by atoms with Crippen LogP contribution in [0.5, 0.6) is 0 Å². The van der Waals surface area contributed by atoms with E-state index in [1.165, 1.54) is 30.3 Å². The minimum Gasteiger partial charge on any atom is -0.381 e. The van der Waals surface area contributed by atoms with Gasteiger partial charge in [0.25, 0.3) is 0 Å². The molecule has 0 amide bonds. The number of hydrogen-bond donors (Lipinski definition) is 0. The molecule has 1 aliphatic heterocycles. The molecule has 2 atom stereocenters. The van der Waals surface area contributed by atoms with Crippen LogP contribution in [0.1, 0.15) is 5.56 Å². The molecule has 0 aliphatic carbocycles. The van der Waals surface area contributed by atoms with Gasteiger partial charge in [0.2, 0.25) is 6.10 Å². The fourth-order valence-electron chi connectivity index (χ4n) is 1.79. The topological polar surface area (TPSA) is 21.6 Å². The Balaban J connectivity index is 2.41. The lowest BCUT2D eigenvalue weighted by atomic mass is 9.91. The van der Waals surface area contributed by atoms with E-state index in [0.717, 1.165) is 0 Å². The Labute approximate surface area is 103 Å². The molecule has 0 fully saturated rings. The van der Waals surface area contributed by atoms with E-state index in [1.807, 2.05) is 0 Å². The third kappa shape index (κ3) is 2.66. The minimum atomic E-state index is -5.14. The molecule has 0 saturated carbocycles. The summed E-state index contributed by atoms with van der Waals surface area (Å²) in [6, 6.07) is 6.85. The van der Waals surface area contributed by atoms with Crippen LogP contribution in [0.25, 0.3) is 0 Å². The van der Waals surface area contributed by atoms with Gasteiger partial charge in [-0.05, 0) is 0 Å². The van der Waals surface area contributed by atoms with Crippen molar-refractivity contribution in [3.05, 3.63) is 35.9 Å². The molecule has 0 saturated heterocycles. The van der Waals surface area contributed by atoms with E-state index >= 15 is 0 Å². The standard InChI is InChI=1S/C11H7F6NO/c12-10(13,14)7-8(6-4-2-1-3-5-6)18-19-9(7)11(15,16)17/h1-5,7,9H. The molecule has 0 radical (unpaired) electrons. The van der Waals surface area contributed by atoms with Crippen molar-refractivity contribution in [3.8, 4) is 0 Å². The van der Waals surface area contributed by atoms with Gasteiger partial charge >= 0.3 is 12.4 Å². The summed E-state index contributed by atoms with van der Waals surface area (Å²) in [6.45, 7) is 0. The second-order valence-corrected chi connectivity index (χ2v) is 3.93. The molecule has 1 heterocycles. The highest BCUT2D eigenvalue weighted by molar-refractivity contribution is 6.03. The van der Waals surface area contributed by atoms with Crippen molar-refractivity contribution in [1.29, 1.82) is 0 Å². The summed E-state index contributed by atoms with van der Waals surface area (Å²) < 4.78 is 76.0. The first-order valence-electron chi connectivity index (χ1n) is 5.14. The van der Waals surface area contributed by atoms with Crippen LogP contribution in [-0.4, -0.2) is 24.2 Å². The molecular weight excluding hydrogens is 276 g/mol. The molecule has 19 heavy (non-hydrogen) atoms. The number of benzene rings is 1. The Morgan fingerprint density at radius 1 is 0.895 bits per heavy atom. The van der Waals surface area contributed by atoms with Gasteiger partial charge in [-0.1, -0.05) is 35.5 Å². The normalized spacial score (nSPS) is 24.0. The first-order valence-corrected chi connectivity index (χ1v) is 5.14. The van der Waals surface area contributed by atoms with Crippen LogP contribution < -0.4 is 0 Å². The largest absolute Gasteiger partial charge is 0.429 e. The van der Waals surface area contributed by atoms with Crippen molar-refractivity contribution in [2.75, 3.05) is 0 Å². The van der Waals surface area contributed by atoms with Crippen molar-refractivity contribution in [2.45, 2.75) is 18.5 Å². The van der Waals surface area contributed by atoms with Gasteiger partial charge in [0.15, 0.2) is 0 Å². The summed E-state index contributed by atoms with van der Waals surface area (Å²) in [5, 5.41) is 2.98. The lowest BCUT2D eigenvalue weighted by molar-refractivity contribution is -0.262. The van der Waals surface area contributed by atoms with Gasteiger partial charge < -0.3 is 4.84 Å². The molecule has 8 heteroatoms. The van der Waals surface area contributed by atoms with E-state index in [1.54, 1.807) is 0 Å². The smallest absolute Gasteiger partial charge is 0.381 e. The lowest BCUT2D eigenvalue weighted by Gasteiger charge is -2.23. The Kier molecular flexibility index (Phi) is 3.19.